The van der Waals surface area contributed by atoms with Gasteiger partial charge in [0.05, 0.1) is 20.8 Å². The van der Waals surface area contributed by atoms with Crippen LogP contribution in [-0.2, 0) is 24.4 Å². The predicted octanol–water partition coefficient (Wildman–Crippen LogP) is 6.46. The maximum absolute atomic E-state index is 13.5. The Bertz CT molecular complexity index is 1340. The minimum atomic E-state index is -0.735. The van der Waals surface area contributed by atoms with Crippen LogP contribution >= 0.6 is 0 Å². The molecule has 0 saturated heterocycles. The Morgan fingerprint density at radius 2 is 1.29 bits per heavy atom. The van der Waals surface area contributed by atoms with E-state index in [1.54, 1.807) is 50.6 Å². The molecule has 0 aliphatic carbocycles. The van der Waals surface area contributed by atoms with Gasteiger partial charge in [0.15, 0.2) is 17.7 Å². The minimum absolute atomic E-state index is 0. The number of aryl methyl sites for hydroxylation is 1. The number of benzene rings is 2. The van der Waals surface area contributed by atoms with Crippen molar-refractivity contribution in [1.82, 2.24) is 4.90 Å². The van der Waals surface area contributed by atoms with Crippen LogP contribution in [0.25, 0.3) is 0 Å². The number of nitrogens with zero attached hydrogens (tertiary/aromatic N) is 2. The summed E-state index contributed by atoms with van der Waals surface area (Å²) in [6.45, 7) is 5.68. The number of methoxy groups -OCH3 is 2. The Balaban J connectivity index is 0.00000833. The number of unbranched alkanes of at least 4 members (excludes halogenated alkanes) is 11. The lowest BCUT2D eigenvalue weighted by Crippen LogP contribution is -3.00. The van der Waals surface area contributed by atoms with Gasteiger partial charge in [-0.25, -0.2) is 14.3 Å². The average molecular weight is 789 g/mol. The lowest BCUT2D eigenvalue weighted by Gasteiger charge is -2.20. The van der Waals surface area contributed by atoms with E-state index in [2.05, 4.69) is 13.8 Å². The van der Waals surface area contributed by atoms with Crippen LogP contribution in [0.1, 0.15) is 119 Å². The van der Waals surface area contributed by atoms with Crippen LogP contribution in [0.15, 0.2) is 66.9 Å². The van der Waals surface area contributed by atoms with Gasteiger partial charge in [-0.1, -0.05) is 109 Å². The summed E-state index contributed by atoms with van der Waals surface area (Å²) in [6.07, 6.45) is 17.5. The highest BCUT2D eigenvalue weighted by molar-refractivity contribution is 6.02. The third-order valence-corrected chi connectivity index (χ3v) is 8.43. The van der Waals surface area contributed by atoms with E-state index in [-0.39, 0.29) is 37.1 Å². The maximum Gasteiger partial charge on any atom is 0.417 e. The number of halogens is 1. The summed E-state index contributed by atoms with van der Waals surface area (Å²) in [5, 5.41) is 0. The molecule has 0 atom stereocenters. The Morgan fingerprint density at radius 3 is 1.86 bits per heavy atom. The summed E-state index contributed by atoms with van der Waals surface area (Å²) >= 11 is 0. The van der Waals surface area contributed by atoms with Gasteiger partial charge in [-0.15, -0.1) is 0 Å². The summed E-state index contributed by atoms with van der Waals surface area (Å²) in [7, 11) is 3.15. The van der Waals surface area contributed by atoms with Gasteiger partial charge in [-0.3, -0.25) is 4.79 Å². The number of hydrogen-bond acceptors (Lipinski definition) is 6. The maximum atomic E-state index is 13.5. The molecule has 8 nitrogen and oxygen atoms in total. The van der Waals surface area contributed by atoms with Crippen LogP contribution in [0.4, 0.5) is 4.79 Å². The molecular formula is C40H57IN2O6. The fraction of sp³-hybridized carbons (Fsp3) is 0.525. The number of imide groups is 1. The molecule has 0 radical (unpaired) electrons. The smallest absolute Gasteiger partial charge is 0.417 e. The van der Waals surface area contributed by atoms with E-state index in [9.17, 15) is 9.59 Å². The highest BCUT2D eigenvalue weighted by Gasteiger charge is 2.28. The van der Waals surface area contributed by atoms with E-state index < -0.39 is 12.0 Å². The van der Waals surface area contributed by atoms with Crippen molar-refractivity contribution in [1.29, 1.82) is 0 Å². The zero-order chi connectivity index (χ0) is 34.4. The second kappa shape index (κ2) is 24.7. The summed E-state index contributed by atoms with van der Waals surface area (Å²) in [5.41, 5.74) is 1.90. The van der Waals surface area contributed by atoms with E-state index >= 15 is 0 Å². The lowest BCUT2D eigenvalue weighted by molar-refractivity contribution is -0.704. The molecule has 2 aromatic carbocycles. The largest absolute Gasteiger partial charge is 1.00 e. The van der Waals surface area contributed by atoms with Crippen molar-refractivity contribution in [3.8, 4) is 17.2 Å². The Hall–Kier alpha value is -3.34. The molecule has 1 aromatic heterocycles. The molecule has 2 amide bonds. The van der Waals surface area contributed by atoms with Gasteiger partial charge in [-0.2, -0.15) is 0 Å². The van der Waals surface area contributed by atoms with Gasteiger partial charge < -0.3 is 42.9 Å². The number of carbonyl (C=O) groups excluding carboxylic acids is 2. The Labute approximate surface area is 311 Å². The molecule has 0 spiro atoms. The number of pyridine rings is 1. The fourth-order valence-corrected chi connectivity index (χ4v) is 5.73. The van der Waals surface area contributed by atoms with Crippen LogP contribution in [0.3, 0.4) is 0 Å². The van der Waals surface area contributed by atoms with Crippen LogP contribution in [0, 0.1) is 0 Å². The first-order valence-electron chi connectivity index (χ1n) is 17.9. The first kappa shape index (κ1) is 41.8. The molecule has 3 aromatic rings. The summed E-state index contributed by atoms with van der Waals surface area (Å²) in [5.74, 6) is 1.11. The molecule has 9 heteroatoms. The summed E-state index contributed by atoms with van der Waals surface area (Å²) in [4.78, 5) is 28.2. The van der Waals surface area contributed by atoms with Gasteiger partial charge in [0.2, 0.25) is 11.4 Å². The number of ether oxygens (including phenoxy) is 4. The molecule has 0 unspecified atom stereocenters. The van der Waals surface area contributed by atoms with Crippen LogP contribution in [0.2, 0.25) is 0 Å². The number of hydrogen-bond donors (Lipinski definition) is 0. The van der Waals surface area contributed by atoms with Crippen molar-refractivity contribution in [3.05, 3.63) is 83.7 Å². The lowest BCUT2D eigenvalue weighted by atomic mass is 10.1. The van der Waals surface area contributed by atoms with Gasteiger partial charge in [0.1, 0.15) is 19.7 Å². The summed E-state index contributed by atoms with van der Waals surface area (Å²) < 4.78 is 25.2. The average Bonchev–Trinajstić information content (AvgIpc) is 3.12. The first-order valence-corrected chi connectivity index (χ1v) is 17.9. The minimum Gasteiger partial charge on any atom is -1.00 e. The highest BCUT2D eigenvalue weighted by Crippen LogP contribution is 2.39. The summed E-state index contributed by atoms with van der Waals surface area (Å²) in [6, 6.07) is 18.1. The SMILES string of the molecule is CCCCCCCCCCCCCCOc1c(OC)cc(COC(=O)N(Cc2cccc[n+]2CCC)C(=O)c2ccccc2)cc1OC.[I-]. The number of carbonyl (C=O) groups is 2. The molecular weight excluding hydrogens is 731 g/mol. The van der Waals surface area contributed by atoms with E-state index in [1.807, 2.05) is 35.0 Å². The number of aromatic nitrogens is 1. The van der Waals surface area contributed by atoms with E-state index in [0.29, 0.717) is 35.0 Å². The predicted molar refractivity (Wildman–Crippen MR) is 190 cm³/mol. The normalized spacial score (nSPS) is 10.6. The van der Waals surface area contributed by atoms with Crippen LogP contribution in [0.5, 0.6) is 17.2 Å². The molecule has 49 heavy (non-hydrogen) atoms. The van der Waals surface area contributed by atoms with Crippen molar-refractivity contribution in [2.45, 2.75) is 117 Å². The zero-order valence-corrected chi connectivity index (χ0v) is 32.3. The zero-order valence-electron chi connectivity index (χ0n) is 30.1. The van der Waals surface area contributed by atoms with Crippen molar-refractivity contribution >= 4 is 12.0 Å². The third kappa shape index (κ3) is 14.6. The second-order valence-corrected chi connectivity index (χ2v) is 12.3. The standard InChI is InChI=1S/C40H57N2O6.HI/c1-5-7-8-9-10-11-12-13-14-15-16-22-28-47-38-36(45-3)29-33(30-37(38)46-4)32-48-40(44)42(39(43)34-23-18-17-19-24-34)31-35-25-20-21-27-41(35)26-6-2;/h17-21,23-25,27,29-30H,5-16,22,26,28,31-32H2,1-4H3;1H/q+1;/p-1. The highest BCUT2D eigenvalue weighted by atomic mass is 127. The van der Waals surface area contributed by atoms with E-state index in [0.717, 1.165) is 36.4 Å². The van der Waals surface area contributed by atoms with Gasteiger partial charge >= 0.3 is 6.09 Å². The molecule has 270 valence electrons. The van der Waals surface area contributed by atoms with Crippen LogP contribution in [-0.4, -0.2) is 37.7 Å². The molecule has 0 fully saturated rings. The molecule has 0 aliphatic heterocycles. The molecule has 0 saturated carbocycles. The van der Waals surface area contributed by atoms with Crippen molar-refractivity contribution in [2.24, 2.45) is 0 Å². The van der Waals surface area contributed by atoms with E-state index in [1.165, 1.54) is 64.2 Å². The van der Waals surface area contributed by atoms with Crippen LogP contribution < -0.4 is 42.8 Å². The monoisotopic (exact) mass is 788 g/mol. The quantitative estimate of drug-likeness (QED) is 0.0624. The van der Waals surface area contributed by atoms with E-state index in [4.69, 9.17) is 18.9 Å². The van der Waals surface area contributed by atoms with Gasteiger partial charge in [0, 0.05) is 24.1 Å². The topological polar surface area (TPSA) is 78.2 Å². The third-order valence-electron chi connectivity index (χ3n) is 8.43. The second-order valence-electron chi connectivity index (χ2n) is 12.3. The fourth-order valence-electron chi connectivity index (χ4n) is 5.73. The van der Waals surface area contributed by atoms with Gasteiger partial charge in [-0.05, 0) is 36.2 Å². The van der Waals surface area contributed by atoms with Gasteiger partial charge in [0.25, 0.3) is 5.91 Å². The Kier molecular flexibility index (Phi) is 21.1. The van der Waals surface area contributed by atoms with Crippen molar-refractivity contribution in [2.75, 3.05) is 20.8 Å². The Morgan fingerprint density at radius 1 is 0.714 bits per heavy atom. The molecule has 0 bridgehead atoms. The molecule has 1 heterocycles. The first-order chi connectivity index (χ1) is 23.5. The molecule has 3 rings (SSSR count). The molecule has 0 N–H and O–H groups in total. The van der Waals surface area contributed by atoms with Crippen molar-refractivity contribution < 1.29 is 57.1 Å². The van der Waals surface area contributed by atoms with Crippen molar-refractivity contribution in [3.63, 3.8) is 0 Å². The number of amides is 2. The number of rotatable bonds is 23. The molecule has 0 aliphatic rings.